The average molecular weight is 256 g/mol. The Morgan fingerprint density at radius 2 is 2.05 bits per heavy atom. The van der Waals surface area contributed by atoms with E-state index in [1.165, 1.54) is 19.3 Å². The van der Waals surface area contributed by atoms with Gasteiger partial charge in [0.25, 0.3) is 0 Å². The van der Waals surface area contributed by atoms with Crippen molar-refractivity contribution in [3.05, 3.63) is 24.3 Å². The molecule has 1 atom stereocenters. The first kappa shape index (κ1) is 12.2. The molecule has 100 valence electrons. The number of para-hydroxylation sites is 1. The fraction of sp³-hybridized carbons (Fsp3) is 0.467. The third kappa shape index (κ3) is 2.23. The van der Waals surface area contributed by atoms with Crippen molar-refractivity contribution >= 4 is 22.7 Å². The number of nitrogen functional groups attached to an aromatic ring is 1. The second-order valence-corrected chi connectivity index (χ2v) is 6.03. The highest BCUT2D eigenvalue weighted by molar-refractivity contribution is 5.90. The minimum absolute atomic E-state index is 0.306. The van der Waals surface area contributed by atoms with Gasteiger partial charge in [-0.3, -0.25) is 0 Å². The highest BCUT2D eigenvalue weighted by Gasteiger charge is 2.34. The van der Waals surface area contributed by atoms with E-state index >= 15 is 0 Å². The number of anilines is 2. The Bertz CT molecular complexity index is 606. The van der Waals surface area contributed by atoms with E-state index in [0.717, 1.165) is 16.7 Å². The van der Waals surface area contributed by atoms with Gasteiger partial charge in [-0.05, 0) is 30.4 Å². The first-order chi connectivity index (χ1) is 9.06. The maximum absolute atomic E-state index is 5.80. The van der Waals surface area contributed by atoms with Gasteiger partial charge in [0.1, 0.15) is 5.82 Å². The smallest absolute Gasteiger partial charge is 0.222 e. The summed E-state index contributed by atoms with van der Waals surface area (Å²) >= 11 is 0. The maximum Gasteiger partial charge on any atom is 0.222 e. The van der Waals surface area contributed by atoms with Gasteiger partial charge in [0.05, 0.1) is 5.52 Å². The van der Waals surface area contributed by atoms with Crippen molar-refractivity contribution in [2.45, 2.75) is 39.2 Å². The molecule has 3 N–H and O–H groups in total. The molecule has 2 aromatic rings. The molecule has 1 unspecified atom stereocenters. The van der Waals surface area contributed by atoms with Crippen molar-refractivity contribution in [3.8, 4) is 0 Å². The molecule has 1 aromatic carbocycles. The summed E-state index contributed by atoms with van der Waals surface area (Å²) < 4.78 is 0. The summed E-state index contributed by atoms with van der Waals surface area (Å²) in [6.45, 7) is 4.62. The fourth-order valence-electron chi connectivity index (χ4n) is 2.96. The monoisotopic (exact) mass is 256 g/mol. The summed E-state index contributed by atoms with van der Waals surface area (Å²) in [7, 11) is 0. The van der Waals surface area contributed by atoms with Crippen LogP contribution in [0.15, 0.2) is 24.3 Å². The Labute approximate surface area is 113 Å². The van der Waals surface area contributed by atoms with Crippen LogP contribution in [-0.4, -0.2) is 16.0 Å². The van der Waals surface area contributed by atoms with E-state index in [2.05, 4.69) is 29.1 Å². The van der Waals surface area contributed by atoms with Gasteiger partial charge in [-0.2, -0.15) is 4.98 Å². The molecular formula is C15H20N4. The van der Waals surface area contributed by atoms with Crippen molar-refractivity contribution in [2.75, 3.05) is 11.1 Å². The topological polar surface area (TPSA) is 63.8 Å². The predicted molar refractivity (Wildman–Crippen MR) is 79.0 cm³/mol. The molecule has 1 aliphatic rings. The van der Waals surface area contributed by atoms with E-state index < -0.39 is 0 Å². The third-order valence-corrected chi connectivity index (χ3v) is 4.19. The van der Waals surface area contributed by atoms with Crippen LogP contribution in [-0.2, 0) is 0 Å². The van der Waals surface area contributed by atoms with Crippen molar-refractivity contribution < 1.29 is 0 Å². The second-order valence-electron chi connectivity index (χ2n) is 6.03. The predicted octanol–water partition coefficient (Wildman–Crippen LogP) is 3.20. The maximum atomic E-state index is 5.80. The largest absolute Gasteiger partial charge is 0.368 e. The Morgan fingerprint density at radius 3 is 2.79 bits per heavy atom. The number of nitrogens with two attached hydrogens (primary N) is 1. The van der Waals surface area contributed by atoms with Crippen LogP contribution >= 0.6 is 0 Å². The van der Waals surface area contributed by atoms with Crippen molar-refractivity contribution in [1.29, 1.82) is 0 Å². The van der Waals surface area contributed by atoms with Crippen LogP contribution in [0.25, 0.3) is 10.9 Å². The Hall–Kier alpha value is -1.84. The summed E-state index contributed by atoms with van der Waals surface area (Å²) in [4.78, 5) is 8.66. The van der Waals surface area contributed by atoms with Gasteiger partial charge in [0.2, 0.25) is 5.95 Å². The van der Waals surface area contributed by atoms with E-state index in [1.807, 2.05) is 24.3 Å². The summed E-state index contributed by atoms with van der Waals surface area (Å²) in [5.41, 5.74) is 7.01. The van der Waals surface area contributed by atoms with Crippen LogP contribution in [0.1, 0.15) is 33.1 Å². The number of fused-ring (bicyclic) bond motifs is 1. The zero-order valence-corrected chi connectivity index (χ0v) is 11.5. The number of nitrogens with one attached hydrogen (secondary N) is 1. The third-order valence-electron chi connectivity index (χ3n) is 4.19. The summed E-state index contributed by atoms with van der Waals surface area (Å²) in [5.74, 6) is 1.19. The molecule has 1 heterocycles. The number of hydrogen-bond donors (Lipinski definition) is 2. The van der Waals surface area contributed by atoms with Crippen molar-refractivity contribution in [2.24, 2.45) is 5.41 Å². The second kappa shape index (κ2) is 4.37. The molecule has 19 heavy (non-hydrogen) atoms. The van der Waals surface area contributed by atoms with Crippen molar-refractivity contribution in [3.63, 3.8) is 0 Å². The lowest BCUT2D eigenvalue weighted by molar-refractivity contribution is 0.349. The van der Waals surface area contributed by atoms with Crippen LogP contribution in [0.4, 0.5) is 11.8 Å². The van der Waals surface area contributed by atoms with Gasteiger partial charge in [-0.1, -0.05) is 32.4 Å². The van der Waals surface area contributed by atoms with E-state index in [4.69, 9.17) is 5.73 Å². The lowest BCUT2D eigenvalue weighted by Crippen LogP contribution is -2.31. The van der Waals surface area contributed by atoms with Gasteiger partial charge in [-0.15, -0.1) is 0 Å². The number of nitrogens with zero attached hydrogens (tertiary/aromatic N) is 2. The first-order valence-electron chi connectivity index (χ1n) is 6.85. The molecule has 0 aliphatic heterocycles. The zero-order chi connectivity index (χ0) is 13.5. The summed E-state index contributed by atoms with van der Waals surface area (Å²) in [6, 6.07) is 8.44. The molecule has 1 aliphatic carbocycles. The molecule has 1 aromatic heterocycles. The molecule has 0 bridgehead atoms. The number of rotatable bonds is 2. The molecule has 4 heteroatoms. The zero-order valence-electron chi connectivity index (χ0n) is 11.5. The lowest BCUT2D eigenvalue weighted by atomic mass is 9.87. The fourth-order valence-corrected chi connectivity index (χ4v) is 2.96. The molecule has 1 fully saturated rings. The minimum atomic E-state index is 0.306. The molecule has 0 spiro atoms. The highest BCUT2D eigenvalue weighted by atomic mass is 15.1. The van der Waals surface area contributed by atoms with Gasteiger partial charge in [0.15, 0.2) is 0 Å². The SMILES string of the molecule is CC1(C)CCCC1Nc1nc(N)nc2ccccc12. The Morgan fingerprint density at radius 1 is 1.26 bits per heavy atom. The number of aromatic nitrogens is 2. The Kier molecular flexibility index (Phi) is 2.81. The van der Waals surface area contributed by atoms with Crippen LogP contribution in [0.5, 0.6) is 0 Å². The van der Waals surface area contributed by atoms with Gasteiger partial charge < -0.3 is 11.1 Å². The van der Waals surface area contributed by atoms with Crippen LogP contribution in [0, 0.1) is 5.41 Å². The molecule has 0 radical (unpaired) electrons. The normalized spacial score (nSPS) is 21.7. The minimum Gasteiger partial charge on any atom is -0.368 e. The van der Waals surface area contributed by atoms with Crippen LogP contribution in [0.3, 0.4) is 0 Å². The first-order valence-corrected chi connectivity index (χ1v) is 6.85. The molecular weight excluding hydrogens is 236 g/mol. The van der Waals surface area contributed by atoms with Gasteiger partial charge >= 0.3 is 0 Å². The summed E-state index contributed by atoms with van der Waals surface area (Å²) in [5, 5.41) is 4.62. The highest BCUT2D eigenvalue weighted by Crippen LogP contribution is 2.39. The number of hydrogen-bond acceptors (Lipinski definition) is 4. The van der Waals surface area contributed by atoms with Gasteiger partial charge in [-0.25, -0.2) is 4.98 Å². The molecule has 0 saturated heterocycles. The van der Waals surface area contributed by atoms with Crippen molar-refractivity contribution in [1.82, 2.24) is 9.97 Å². The molecule has 4 nitrogen and oxygen atoms in total. The standard InChI is InChI=1S/C15H20N4/c1-15(2)9-5-8-12(15)18-13-10-6-3-4-7-11(10)17-14(16)19-13/h3-4,6-7,12H,5,8-9H2,1-2H3,(H3,16,17,18,19). The van der Waals surface area contributed by atoms with Crippen LogP contribution < -0.4 is 11.1 Å². The average Bonchev–Trinajstić information content (AvgIpc) is 2.68. The quantitative estimate of drug-likeness (QED) is 0.866. The van der Waals surface area contributed by atoms with E-state index in [-0.39, 0.29) is 0 Å². The Balaban J connectivity index is 2.01. The van der Waals surface area contributed by atoms with E-state index in [9.17, 15) is 0 Å². The summed E-state index contributed by atoms with van der Waals surface area (Å²) in [6.07, 6.45) is 3.71. The number of benzene rings is 1. The lowest BCUT2D eigenvalue weighted by Gasteiger charge is -2.28. The molecule has 0 amide bonds. The van der Waals surface area contributed by atoms with E-state index in [1.54, 1.807) is 0 Å². The van der Waals surface area contributed by atoms with Gasteiger partial charge in [0, 0.05) is 11.4 Å². The van der Waals surface area contributed by atoms with E-state index in [0.29, 0.717) is 17.4 Å². The molecule has 1 saturated carbocycles. The molecule has 3 rings (SSSR count). The van der Waals surface area contributed by atoms with Crippen LogP contribution in [0.2, 0.25) is 0 Å².